The van der Waals surface area contributed by atoms with Gasteiger partial charge in [-0.25, -0.2) is 0 Å². The standard InChI is InChI=1S/C24H33NO3/c1-14(15-5-6-15)19-4-2-3-16-7-9-18(26)10-12-20-17(13-22(16)19)8-11-21(23(20)27)24(25)28/h8,11,14-16,19,22,27H,2-7,9-10,12-13H2,1H3,(H2,25,28)/t14-,16?,19?,22-/m1/s1. The van der Waals surface area contributed by atoms with E-state index in [0.29, 0.717) is 37.0 Å². The number of hydrogen-bond acceptors (Lipinski definition) is 3. The predicted octanol–water partition coefficient (Wildman–Crippen LogP) is 4.41. The first-order valence-electron chi connectivity index (χ1n) is 11.1. The average Bonchev–Trinajstić information content (AvgIpc) is 3.51. The minimum atomic E-state index is -0.612. The summed E-state index contributed by atoms with van der Waals surface area (Å²) in [6.45, 7) is 2.43. The second kappa shape index (κ2) is 7.88. The largest absolute Gasteiger partial charge is 0.507 e. The first-order valence-corrected chi connectivity index (χ1v) is 11.1. The lowest BCUT2D eigenvalue weighted by molar-refractivity contribution is -0.119. The molecule has 0 saturated heterocycles. The Kier molecular flexibility index (Phi) is 5.48. The van der Waals surface area contributed by atoms with Gasteiger partial charge < -0.3 is 10.8 Å². The van der Waals surface area contributed by atoms with Crippen LogP contribution in [0.3, 0.4) is 0 Å². The van der Waals surface area contributed by atoms with Crippen molar-refractivity contribution in [2.45, 2.75) is 71.1 Å². The fraction of sp³-hybridized carbons (Fsp3) is 0.667. The quantitative estimate of drug-likeness (QED) is 0.811. The highest BCUT2D eigenvalue weighted by molar-refractivity contribution is 5.96. The van der Waals surface area contributed by atoms with E-state index in [9.17, 15) is 14.7 Å². The summed E-state index contributed by atoms with van der Waals surface area (Å²) in [6, 6.07) is 3.65. The number of hydrogen-bond donors (Lipinski definition) is 2. The van der Waals surface area contributed by atoms with Gasteiger partial charge in [-0.1, -0.05) is 25.8 Å². The first-order chi connectivity index (χ1) is 13.5. The number of amides is 1. The maximum Gasteiger partial charge on any atom is 0.252 e. The average molecular weight is 384 g/mol. The fourth-order valence-electron chi connectivity index (χ4n) is 6.03. The lowest BCUT2D eigenvalue weighted by Crippen LogP contribution is -2.35. The number of ketones is 1. The van der Waals surface area contributed by atoms with Gasteiger partial charge in [0, 0.05) is 12.8 Å². The topological polar surface area (TPSA) is 80.4 Å². The van der Waals surface area contributed by atoms with Gasteiger partial charge >= 0.3 is 0 Å². The number of Topliss-reactive ketones (excluding diaryl/α,β-unsaturated/α-hetero) is 1. The molecule has 28 heavy (non-hydrogen) atoms. The number of carbonyl (C=O) groups is 2. The van der Waals surface area contributed by atoms with E-state index in [2.05, 4.69) is 6.92 Å². The van der Waals surface area contributed by atoms with Crippen LogP contribution in [-0.2, 0) is 17.6 Å². The lowest BCUT2D eigenvalue weighted by atomic mass is 9.63. The summed E-state index contributed by atoms with van der Waals surface area (Å²) in [5.74, 6) is 3.14. The number of aromatic hydroxyl groups is 1. The summed E-state index contributed by atoms with van der Waals surface area (Å²) < 4.78 is 0. The molecular formula is C24H33NO3. The Morgan fingerprint density at radius 3 is 2.61 bits per heavy atom. The molecule has 4 atom stereocenters. The van der Waals surface area contributed by atoms with Crippen LogP contribution in [0, 0.1) is 29.6 Å². The second-order valence-electron chi connectivity index (χ2n) is 9.46. The molecule has 4 heteroatoms. The Balaban J connectivity index is 1.71. The van der Waals surface area contributed by atoms with Crippen LogP contribution in [-0.4, -0.2) is 16.8 Å². The third-order valence-electron chi connectivity index (χ3n) is 7.86. The molecule has 2 fully saturated rings. The highest BCUT2D eigenvalue weighted by Gasteiger charge is 2.42. The van der Waals surface area contributed by atoms with E-state index < -0.39 is 5.91 Å². The molecule has 4 nitrogen and oxygen atoms in total. The summed E-state index contributed by atoms with van der Waals surface area (Å²) in [5.41, 5.74) is 7.50. The molecular weight excluding hydrogens is 350 g/mol. The smallest absolute Gasteiger partial charge is 0.252 e. The van der Waals surface area contributed by atoms with Gasteiger partial charge in [-0.2, -0.15) is 0 Å². The molecule has 0 spiro atoms. The van der Waals surface area contributed by atoms with Gasteiger partial charge in [0.2, 0.25) is 0 Å². The maximum atomic E-state index is 12.5. The molecule has 0 bridgehead atoms. The zero-order valence-corrected chi connectivity index (χ0v) is 17.0. The Hall–Kier alpha value is -1.84. The van der Waals surface area contributed by atoms with Crippen molar-refractivity contribution in [1.82, 2.24) is 0 Å². The molecule has 0 radical (unpaired) electrons. The van der Waals surface area contributed by atoms with Crippen molar-refractivity contribution >= 4 is 11.7 Å². The zero-order chi connectivity index (χ0) is 19.8. The first kappa shape index (κ1) is 19.5. The Bertz CT molecular complexity index is 767. The number of fused-ring (bicyclic) bond motifs is 2. The highest BCUT2D eigenvalue weighted by atomic mass is 16.3. The van der Waals surface area contributed by atoms with E-state index in [-0.39, 0.29) is 17.1 Å². The van der Waals surface area contributed by atoms with Crippen LogP contribution in [0.2, 0.25) is 0 Å². The summed E-state index contributed by atoms with van der Waals surface area (Å²) in [7, 11) is 0. The molecule has 1 amide bonds. The third kappa shape index (κ3) is 3.83. The van der Waals surface area contributed by atoms with Crippen molar-refractivity contribution in [3.8, 4) is 5.75 Å². The molecule has 0 aromatic heterocycles. The molecule has 4 rings (SSSR count). The minimum absolute atomic E-state index is 0.00229. The molecule has 1 aromatic carbocycles. The molecule has 1 aromatic rings. The number of phenols is 1. The van der Waals surface area contributed by atoms with Gasteiger partial charge in [0.05, 0.1) is 5.56 Å². The molecule has 3 aliphatic carbocycles. The van der Waals surface area contributed by atoms with Gasteiger partial charge in [0.1, 0.15) is 11.5 Å². The van der Waals surface area contributed by atoms with E-state index >= 15 is 0 Å². The van der Waals surface area contributed by atoms with Crippen molar-refractivity contribution in [2.24, 2.45) is 35.3 Å². The fourth-order valence-corrected chi connectivity index (χ4v) is 6.03. The monoisotopic (exact) mass is 383 g/mol. The van der Waals surface area contributed by atoms with Gasteiger partial charge in [0.25, 0.3) is 5.91 Å². The van der Waals surface area contributed by atoms with Crippen LogP contribution in [0.4, 0.5) is 0 Å². The summed E-state index contributed by atoms with van der Waals surface area (Å²) in [6.07, 6.45) is 10.1. The van der Waals surface area contributed by atoms with Crippen molar-refractivity contribution in [3.05, 3.63) is 28.8 Å². The van der Waals surface area contributed by atoms with Crippen LogP contribution >= 0.6 is 0 Å². The summed E-state index contributed by atoms with van der Waals surface area (Å²) in [5, 5.41) is 10.7. The Morgan fingerprint density at radius 1 is 1.11 bits per heavy atom. The Labute approximate surface area is 167 Å². The van der Waals surface area contributed by atoms with E-state index in [4.69, 9.17) is 5.73 Å². The molecule has 3 N–H and O–H groups in total. The minimum Gasteiger partial charge on any atom is -0.507 e. The molecule has 152 valence electrons. The van der Waals surface area contributed by atoms with Crippen LogP contribution in [0.1, 0.15) is 79.8 Å². The number of primary amides is 1. The van der Waals surface area contributed by atoms with Crippen molar-refractivity contribution in [3.63, 3.8) is 0 Å². The SMILES string of the molecule is C[C@H](C1CC1)C1CCCC2CCC(=O)CCc3c(ccc(C(N)=O)c3O)C[C@H]21. The van der Waals surface area contributed by atoms with Crippen LogP contribution < -0.4 is 5.73 Å². The van der Waals surface area contributed by atoms with Crippen LogP contribution in [0.25, 0.3) is 0 Å². The number of benzene rings is 1. The van der Waals surface area contributed by atoms with Gasteiger partial charge in [-0.3, -0.25) is 9.59 Å². The summed E-state index contributed by atoms with van der Waals surface area (Å²) >= 11 is 0. The zero-order valence-electron chi connectivity index (χ0n) is 17.0. The van der Waals surface area contributed by atoms with Crippen LogP contribution in [0.15, 0.2) is 12.1 Å². The Morgan fingerprint density at radius 2 is 1.89 bits per heavy atom. The van der Waals surface area contributed by atoms with Gasteiger partial charge in [-0.15, -0.1) is 0 Å². The van der Waals surface area contributed by atoms with E-state index in [1.807, 2.05) is 6.07 Å². The number of nitrogens with two attached hydrogens (primary N) is 1. The number of rotatable bonds is 3. The van der Waals surface area contributed by atoms with Crippen molar-refractivity contribution in [2.75, 3.05) is 0 Å². The van der Waals surface area contributed by atoms with Crippen LogP contribution in [0.5, 0.6) is 5.75 Å². The van der Waals surface area contributed by atoms with Crippen molar-refractivity contribution < 1.29 is 14.7 Å². The third-order valence-corrected chi connectivity index (χ3v) is 7.86. The normalized spacial score (nSPS) is 29.5. The van der Waals surface area contributed by atoms with Gasteiger partial charge in [-0.05, 0) is 85.3 Å². The second-order valence-corrected chi connectivity index (χ2v) is 9.46. The highest BCUT2D eigenvalue weighted by Crippen LogP contribution is 2.50. The molecule has 3 aliphatic rings. The molecule has 2 saturated carbocycles. The molecule has 0 aliphatic heterocycles. The molecule has 0 heterocycles. The van der Waals surface area contributed by atoms with E-state index in [1.165, 1.54) is 32.1 Å². The lowest BCUT2D eigenvalue weighted by Gasteiger charge is -2.42. The van der Waals surface area contributed by atoms with Gasteiger partial charge in [0.15, 0.2) is 0 Å². The predicted molar refractivity (Wildman–Crippen MR) is 109 cm³/mol. The summed E-state index contributed by atoms with van der Waals surface area (Å²) in [4.78, 5) is 24.2. The molecule has 2 unspecified atom stereocenters. The van der Waals surface area contributed by atoms with E-state index in [0.717, 1.165) is 35.8 Å². The van der Waals surface area contributed by atoms with E-state index in [1.54, 1.807) is 6.07 Å². The number of carbonyl (C=O) groups excluding carboxylic acids is 2. The maximum absolute atomic E-state index is 12.5. The van der Waals surface area contributed by atoms with Crippen molar-refractivity contribution in [1.29, 1.82) is 0 Å².